The highest BCUT2D eigenvalue weighted by Gasteiger charge is 2.12. The van der Waals surface area contributed by atoms with Crippen LogP contribution in [0.25, 0.3) is 11.1 Å². The minimum Gasteiger partial charge on any atom is -0.310 e. The van der Waals surface area contributed by atoms with Gasteiger partial charge in [0.15, 0.2) is 0 Å². The van der Waals surface area contributed by atoms with Gasteiger partial charge in [-0.2, -0.15) is 0 Å². The molecule has 0 aromatic heterocycles. The third-order valence-electron chi connectivity index (χ3n) is 3.50. The first-order chi connectivity index (χ1) is 9.88. The van der Waals surface area contributed by atoms with Crippen molar-refractivity contribution in [2.45, 2.75) is 40.3 Å². The van der Waals surface area contributed by atoms with E-state index in [9.17, 15) is 4.39 Å². The van der Waals surface area contributed by atoms with Crippen molar-refractivity contribution in [2.24, 2.45) is 0 Å². The summed E-state index contributed by atoms with van der Waals surface area (Å²) in [6.07, 6.45) is 0. The molecule has 2 rings (SSSR count). The second-order valence-corrected chi connectivity index (χ2v) is 6.18. The summed E-state index contributed by atoms with van der Waals surface area (Å²) in [6, 6.07) is 9.93. The summed E-state index contributed by atoms with van der Waals surface area (Å²) in [5, 5.41) is 3.87. The number of hydrogen-bond donors (Lipinski definition) is 1. The number of halogens is 2. The molecule has 0 bridgehead atoms. The second-order valence-electron chi connectivity index (χ2n) is 5.78. The summed E-state index contributed by atoms with van der Waals surface area (Å²) in [5.41, 5.74) is 4.90. The maximum atomic E-state index is 13.6. The zero-order chi connectivity index (χ0) is 15.6. The van der Waals surface area contributed by atoms with Crippen molar-refractivity contribution in [3.05, 3.63) is 57.9 Å². The van der Waals surface area contributed by atoms with Crippen LogP contribution in [-0.2, 0) is 6.54 Å². The van der Waals surface area contributed by atoms with Gasteiger partial charge in [0.05, 0.1) is 5.02 Å². The highest BCUT2D eigenvalue weighted by molar-refractivity contribution is 6.33. The first-order valence-electron chi connectivity index (χ1n) is 7.17. The molecule has 2 aromatic rings. The Hall–Kier alpha value is -1.38. The number of hydrogen-bond acceptors (Lipinski definition) is 1. The van der Waals surface area contributed by atoms with E-state index >= 15 is 0 Å². The molecule has 0 amide bonds. The third-order valence-corrected chi connectivity index (χ3v) is 3.82. The molecule has 0 radical (unpaired) electrons. The smallest absolute Gasteiger partial charge is 0.127 e. The van der Waals surface area contributed by atoms with Crippen LogP contribution in [0.3, 0.4) is 0 Å². The topological polar surface area (TPSA) is 12.0 Å². The molecule has 1 nitrogen and oxygen atoms in total. The van der Waals surface area contributed by atoms with Gasteiger partial charge in [-0.15, -0.1) is 0 Å². The summed E-state index contributed by atoms with van der Waals surface area (Å²) in [5.74, 6) is -0.266. The molecule has 0 heterocycles. The molecule has 0 unspecified atom stereocenters. The normalized spacial score (nSPS) is 11.2. The van der Waals surface area contributed by atoms with Gasteiger partial charge in [-0.1, -0.05) is 49.2 Å². The maximum Gasteiger partial charge on any atom is 0.127 e. The zero-order valence-electron chi connectivity index (χ0n) is 12.9. The average Bonchev–Trinajstić information content (AvgIpc) is 2.41. The largest absolute Gasteiger partial charge is 0.310 e. The lowest BCUT2D eigenvalue weighted by Crippen LogP contribution is -2.22. The van der Waals surface area contributed by atoms with Gasteiger partial charge in [0.1, 0.15) is 5.82 Å². The van der Waals surface area contributed by atoms with Gasteiger partial charge >= 0.3 is 0 Å². The Kier molecular flexibility index (Phi) is 5.02. The summed E-state index contributed by atoms with van der Waals surface area (Å²) in [7, 11) is 0. The van der Waals surface area contributed by atoms with Crippen molar-refractivity contribution in [3.8, 4) is 11.1 Å². The Morgan fingerprint density at radius 2 is 1.81 bits per heavy atom. The molecule has 0 spiro atoms. The number of benzene rings is 2. The van der Waals surface area contributed by atoms with E-state index in [1.807, 2.05) is 13.0 Å². The van der Waals surface area contributed by atoms with Crippen LogP contribution in [-0.4, -0.2) is 6.04 Å². The minimum absolute atomic E-state index is 0.266. The molecule has 2 aromatic carbocycles. The molecular weight excluding hydrogens is 285 g/mol. The molecule has 112 valence electrons. The first kappa shape index (κ1) is 16.0. The first-order valence-corrected chi connectivity index (χ1v) is 7.55. The number of nitrogens with one attached hydrogen (secondary N) is 1. The number of aryl methyl sites for hydroxylation is 2. The fraction of sp³-hybridized carbons (Fsp3) is 0.333. The van der Waals surface area contributed by atoms with E-state index in [0.717, 1.165) is 23.2 Å². The van der Waals surface area contributed by atoms with E-state index in [4.69, 9.17) is 11.6 Å². The van der Waals surface area contributed by atoms with Gasteiger partial charge in [0.2, 0.25) is 0 Å². The van der Waals surface area contributed by atoms with Gasteiger partial charge in [-0.3, -0.25) is 0 Å². The Morgan fingerprint density at radius 3 is 2.48 bits per heavy atom. The average molecular weight is 306 g/mol. The molecule has 1 N–H and O–H groups in total. The van der Waals surface area contributed by atoms with Gasteiger partial charge in [-0.05, 0) is 42.7 Å². The molecule has 0 aliphatic heterocycles. The van der Waals surface area contributed by atoms with Gasteiger partial charge in [-0.25, -0.2) is 4.39 Å². The van der Waals surface area contributed by atoms with E-state index in [1.54, 1.807) is 6.92 Å². The van der Waals surface area contributed by atoms with Crippen LogP contribution in [0, 0.1) is 19.7 Å². The van der Waals surface area contributed by atoms with E-state index in [-0.39, 0.29) is 5.82 Å². The van der Waals surface area contributed by atoms with Crippen LogP contribution < -0.4 is 5.32 Å². The fourth-order valence-electron chi connectivity index (χ4n) is 2.27. The van der Waals surface area contributed by atoms with E-state index in [0.29, 0.717) is 16.6 Å². The van der Waals surface area contributed by atoms with Crippen molar-refractivity contribution in [1.82, 2.24) is 5.32 Å². The van der Waals surface area contributed by atoms with E-state index in [1.165, 1.54) is 11.6 Å². The molecule has 0 saturated carbocycles. The lowest BCUT2D eigenvalue weighted by Gasteiger charge is -2.15. The molecule has 0 aliphatic rings. The summed E-state index contributed by atoms with van der Waals surface area (Å²) in [4.78, 5) is 0. The monoisotopic (exact) mass is 305 g/mol. The standard InChI is InChI=1S/C18H21ClFN/c1-11(2)21-10-14-6-5-12(3)7-15(14)16-8-13(4)18(20)9-17(16)19/h5-9,11,21H,10H2,1-4H3. The van der Waals surface area contributed by atoms with Crippen molar-refractivity contribution in [3.63, 3.8) is 0 Å². The number of rotatable bonds is 4. The highest BCUT2D eigenvalue weighted by atomic mass is 35.5. The molecular formula is C18H21ClFN. The molecule has 0 aliphatic carbocycles. The Labute approximate surface area is 131 Å². The quantitative estimate of drug-likeness (QED) is 0.812. The predicted octanol–water partition coefficient (Wildman–Crippen LogP) is 5.26. The Morgan fingerprint density at radius 1 is 1.10 bits per heavy atom. The summed E-state index contributed by atoms with van der Waals surface area (Å²) in [6.45, 7) is 8.80. The molecule has 0 fully saturated rings. The van der Waals surface area contributed by atoms with Crippen molar-refractivity contribution >= 4 is 11.6 Å². The van der Waals surface area contributed by atoms with Crippen molar-refractivity contribution < 1.29 is 4.39 Å². The summed E-state index contributed by atoms with van der Waals surface area (Å²) >= 11 is 6.26. The predicted molar refractivity (Wildman–Crippen MR) is 88.3 cm³/mol. The van der Waals surface area contributed by atoms with E-state index in [2.05, 4.69) is 37.4 Å². The lowest BCUT2D eigenvalue weighted by atomic mass is 9.96. The van der Waals surface area contributed by atoms with Crippen LogP contribution in [0.4, 0.5) is 4.39 Å². The highest BCUT2D eigenvalue weighted by Crippen LogP contribution is 2.33. The molecule has 3 heteroatoms. The van der Waals surface area contributed by atoms with Crippen LogP contribution in [0.2, 0.25) is 5.02 Å². The molecule has 0 saturated heterocycles. The van der Waals surface area contributed by atoms with E-state index < -0.39 is 0 Å². The Bertz CT molecular complexity index is 650. The maximum absolute atomic E-state index is 13.6. The zero-order valence-corrected chi connectivity index (χ0v) is 13.7. The van der Waals surface area contributed by atoms with Crippen LogP contribution >= 0.6 is 11.6 Å². The SMILES string of the molecule is Cc1ccc(CNC(C)C)c(-c2cc(C)c(F)cc2Cl)c1. The van der Waals surface area contributed by atoms with Gasteiger partial charge in [0.25, 0.3) is 0 Å². The lowest BCUT2D eigenvalue weighted by molar-refractivity contribution is 0.589. The van der Waals surface area contributed by atoms with Crippen molar-refractivity contribution in [1.29, 1.82) is 0 Å². The van der Waals surface area contributed by atoms with Gasteiger partial charge in [0, 0.05) is 18.2 Å². The van der Waals surface area contributed by atoms with Crippen LogP contribution in [0.5, 0.6) is 0 Å². The van der Waals surface area contributed by atoms with Crippen LogP contribution in [0.15, 0.2) is 30.3 Å². The van der Waals surface area contributed by atoms with Crippen molar-refractivity contribution in [2.75, 3.05) is 0 Å². The second kappa shape index (κ2) is 6.59. The third kappa shape index (κ3) is 3.84. The molecule has 0 atom stereocenters. The Balaban J connectivity index is 2.51. The van der Waals surface area contributed by atoms with Gasteiger partial charge < -0.3 is 5.32 Å². The van der Waals surface area contributed by atoms with Crippen LogP contribution in [0.1, 0.15) is 30.5 Å². The minimum atomic E-state index is -0.266. The molecule has 21 heavy (non-hydrogen) atoms. The fourth-order valence-corrected chi connectivity index (χ4v) is 2.53. The summed E-state index contributed by atoms with van der Waals surface area (Å²) < 4.78 is 13.6.